The zero-order valence-corrected chi connectivity index (χ0v) is 10.6. The van der Waals surface area contributed by atoms with Gasteiger partial charge in [0.25, 0.3) is 0 Å². The lowest BCUT2D eigenvalue weighted by molar-refractivity contribution is -0.0393. The molecule has 82 valence electrons. The third-order valence-corrected chi connectivity index (χ3v) is 3.89. The lowest BCUT2D eigenvalue weighted by Gasteiger charge is -2.54. The Morgan fingerprint density at radius 1 is 0.933 bits per heavy atom. The van der Waals surface area contributed by atoms with Gasteiger partial charge in [-0.15, -0.1) is 13.2 Å². The molecule has 0 heterocycles. The summed E-state index contributed by atoms with van der Waals surface area (Å²) in [4.78, 5) is 0. The molecular weight excluding hydrogens is 178 g/mol. The number of hydrogen-bond donors (Lipinski definition) is 0. The molecular formula is C13H24B2. The van der Waals surface area contributed by atoms with Gasteiger partial charge in [0.2, 0.25) is 0 Å². The Morgan fingerprint density at radius 3 is 1.73 bits per heavy atom. The first-order valence-electron chi connectivity index (χ1n) is 6.19. The van der Waals surface area contributed by atoms with Crippen molar-refractivity contribution >= 4 is 15.7 Å². The lowest BCUT2D eigenvalue weighted by atomic mass is 9.50. The molecule has 5 unspecified atom stereocenters. The molecule has 15 heavy (non-hydrogen) atoms. The van der Waals surface area contributed by atoms with Crippen LogP contribution in [0.5, 0.6) is 0 Å². The van der Waals surface area contributed by atoms with Crippen LogP contribution in [0.4, 0.5) is 0 Å². The van der Waals surface area contributed by atoms with Gasteiger partial charge in [0.1, 0.15) is 0 Å². The second-order valence-electron chi connectivity index (χ2n) is 4.13. The maximum Gasteiger partial charge on any atom is 0.0703 e. The molecule has 0 saturated heterocycles. The minimum absolute atomic E-state index is 0.596. The molecule has 0 aliphatic heterocycles. The standard InChI is InChI=1S/C8H11B.C2H6.C2H4.CH3B/c9-7-3-5-1-4-2-6(7)8(4)5;3*1-2/h4-8H,1-3H2;1-2H3;1-2H2;1H3. The Hall–Kier alpha value is -0.130. The zero-order chi connectivity index (χ0) is 12.0. The molecule has 0 spiro atoms. The predicted molar refractivity (Wildman–Crippen MR) is 71.5 cm³/mol. The quantitative estimate of drug-likeness (QED) is 0.415. The van der Waals surface area contributed by atoms with Crippen molar-refractivity contribution in [2.45, 2.75) is 45.8 Å². The third-order valence-electron chi connectivity index (χ3n) is 3.89. The van der Waals surface area contributed by atoms with Gasteiger partial charge in [-0.1, -0.05) is 32.9 Å². The molecule has 3 fully saturated rings. The minimum Gasteiger partial charge on any atom is -0.106 e. The lowest BCUT2D eigenvalue weighted by Crippen LogP contribution is -2.46. The first-order valence-corrected chi connectivity index (χ1v) is 6.19. The molecule has 5 atom stereocenters. The van der Waals surface area contributed by atoms with Crippen molar-refractivity contribution in [3.8, 4) is 0 Å². The van der Waals surface area contributed by atoms with E-state index < -0.39 is 0 Å². The van der Waals surface area contributed by atoms with Crippen LogP contribution >= 0.6 is 0 Å². The molecule has 0 aromatic carbocycles. The predicted octanol–water partition coefficient (Wildman–Crippen LogP) is 3.65. The summed E-state index contributed by atoms with van der Waals surface area (Å²) in [6.07, 6.45) is 4.35. The highest BCUT2D eigenvalue weighted by Gasteiger charge is 2.59. The first-order chi connectivity index (χ1) is 7.36. The van der Waals surface area contributed by atoms with E-state index >= 15 is 0 Å². The zero-order valence-electron chi connectivity index (χ0n) is 10.6. The summed E-state index contributed by atoms with van der Waals surface area (Å²) in [7, 11) is 10.4. The van der Waals surface area contributed by atoms with Crippen LogP contribution in [-0.4, -0.2) is 15.7 Å². The fraction of sp³-hybridized carbons (Fsp3) is 0.846. The molecule has 0 aromatic rings. The maximum atomic E-state index is 5.94. The monoisotopic (exact) mass is 202 g/mol. The van der Waals surface area contributed by atoms with Crippen LogP contribution in [0.1, 0.15) is 33.1 Å². The number of hydrogen-bond acceptors (Lipinski definition) is 0. The Balaban J connectivity index is 0.000000289. The smallest absolute Gasteiger partial charge is 0.0703 e. The maximum absolute atomic E-state index is 5.94. The molecule has 4 radical (unpaired) electrons. The summed E-state index contributed by atoms with van der Waals surface area (Å²) in [6.45, 7) is 11.5. The fourth-order valence-electron chi connectivity index (χ4n) is 3.39. The van der Waals surface area contributed by atoms with Crippen molar-refractivity contribution in [1.82, 2.24) is 0 Å². The second kappa shape index (κ2) is 7.19. The molecule has 0 bridgehead atoms. The molecule has 0 aromatic heterocycles. The van der Waals surface area contributed by atoms with Crippen molar-refractivity contribution < 1.29 is 0 Å². The van der Waals surface area contributed by atoms with Gasteiger partial charge in [0.15, 0.2) is 0 Å². The number of rotatable bonds is 0. The van der Waals surface area contributed by atoms with E-state index in [2.05, 4.69) is 21.0 Å². The Bertz CT molecular complexity index is 166. The van der Waals surface area contributed by atoms with Crippen molar-refractivity contribution in [2.24, 2.45) is 23.7 Å². The highest BCUT2D eigenvalue weighted by Crippen LogP contribution is 2.68. The SMILES string of the molecule is C=C.CC.[B]C.[B]C1CC2CC3CC1C23. The van der Waals surface area contributed by atoms with Crippen LogP contribution in [0, 0.1) is 23.7 Å². The van der Waals surface area contributed by atoms with E-state index in [1.54, 1.807) is 0 Å². The summed E-state index contributed by atoms with van der Waals surface area (Å²) in [5.74, 6) is 4.88. The van der Waals surface area contributed by atoms with Gasteiger partial charge in [0.05, 0.1) is 15.7 Å². The van der Waals surface area contributed by atoms with E-state index in [0.717, 1.165) is 23.7 Å². The first kappa shape index (κ1) is 14.9. The van der Waals surface area contributed by atoms with Crippen molar-refractivity contribution in [2.75, 3.05) is 0 Å². The highest BCUT2D eigenvalue weighted by atomic mass is 14.6. The van der Waals surface area contributed by atoms with E-state index in [1.165, 1.54) is 26.1 Å². The molecule has 0 N–H and O–H groups in total. The third kappa shape index (κ3) is 2.52. The van der Waals surface area contributed by atoms with E-state index in [4.69, 9.17) is 7.85 Å². The molecule has 0 nitrogen and oxygen atoms in total. The van der Waals surface area contributed by atoms with Crippen LogP contribution in [0.2, 0.25) is 12.6 Å². The largest absolute Gasteiger partial charge is 0.106 e. The summed E-state index contributed by atoms with van der Waals surface area (Å²) < 4.78 is 0. The molecule has 2 heteroatoms. The van der Waals surface area contributed by atoms with Crippen LogP contribution in [0.25, 0.3) is 0 Å². The van der Waals surface area contributed by atoms with Gasteiger partial charge < -0.3 is 0 Å². The molecule has 3 rings (SSSR count). The van der Waals surface area contributed by atoms with Gasteiger partial charge >= 0.3 is 0 Å². The van der Waals surface area contributed by atoms with Crippen LogP contribution < -0.4 is 0 Å². The molecule has 3 aliphatic carbocycles. The average molecular weight is 202 g/mol. The van der Waals surface area contributed by atoms with Crippen molar-refractivity contribution in [3.05, 3.63) is 13.2 Å². The topological polar surface area (TPSA) is 0 Å². The Kier molecular flexibility index (Phi) is 7.13. The summed E-state index contributed by atoms with van der Waals surface area (Å²) >= 11 is 0. The summed E-state index contributed by atoms with van der Waals surface area (Å²) in [5, 5.41) is 0. The van der Waals surface area contributed by atoms with Gasteiger partial charge in [-0.2, -0.15) is 0 Å². The van der Waals surface area contributed by atoms with Crippen molar-refractivity contribution in [1.29, 1.82) is 0 Å². The minimum atomic E-state index is 0.596. The Morgan fingerprint density at radius 2 is 1.40 bits per heavy atom. The van der Waals surface area contributed by atoms with Gasteiger partial charge in [-0.25, -0.2) is 0 Å². The van der Waals surface area contributed by atoms with Crippen molar-refractivity contribution in [3.63, 3.8) is 0 Å². The molecule has 0 amide bonds. The van der Waals surface area contributed by atoms with Gasteiger partial charge in [0, 0.05) is 0 Å². The van der Waals surface area contributed by atoms with E-state index in [0.29, 0.717) is 5.82 Å². The molecule has 3 saturated carbocycles. The van der Waals surface area contributed by atoms with E-state index in [9.17, 15) is 0 Å². The fourth-order valence-corrected chi connectivity index (χ4v) is 3.39. The average Bonchev–Trinajstić information content (AvgIpc) is 2.43. The van der Waals surface area contributed by atoms with Gasteiger partial charge in [-0.3, -0.25) is 0 Å². The van der Waals surface area contributed by atoms with E-state index in [-0.39, 0.29) is 0 Å². The summed E-state index contributed by atoms with van der Waals surface area (Å²) in [5.41, 5.74) is 0. The van der Waals surface area contributed by atoms with E-state index in [1.807, 2.05) is 13.8 Å². The van der Waals surface area contributed by atoms with Crippen LogP contribution in [-0.2, 0) is 0 Å². The second-order valence-corrected chi connectivity index (χ2v) is 4.13. The Labute approximate surface area is 98.7 Å². The van der Waals surface area contributed by atoms with Crippen LogP contribution in [0.15, 0.2) is 13.2 Å². The van der Waals surface area contributed by atoms with Gasteiger partial charge in [-0.05, 0) is 36.5 Å². The van der Waals surface area contributed by atoms with Crippen LogP contribution in [0.3, 0.4) is 0 Å². The highest BCUT2D eigenvalue weighted by molar-refractivity contribution is 6.12. The molecule has 3 aliphatic rings. The normalized spacial score (nSPS) is 41.9. The summed E-state index contributed by atoms with van der Waals surface area (Å²) in [6, 6.07) is 0.